The number of rotatable bonds is 2. The normalized spacial score (nSPS) is 10.4. The molecule has 15 heavy (non-hydrogen) atoms. The number of hydrogen-bond acceptors (Lipinski definition) is 2. The second kappa shape index (κ2) is 4.23. The van der Waals surface area contributed by atoms with Crippen molar-refractivity contribution >= 4 is 21.9 Å². The van der Waals surface area contributed by atoms with Crippen LogP contribution < -0.4 is 0 Å². The molecule has 0 spiro atoms. The van der Waals surface area contributed by atoms with E-state index in [4.69, 9.17) is 5.11 Å². The predicted molar refractivity (Wildman–Crippen MR) is 61.4 cm³/mol. The second-order valence-electron chi connectivity index (χ2n) is 3.59. The number of carboxylic acids is 1. The molecule has 0 aliphatic carbocycles. The number of carboxylic acid groups (broad SMARTS) is 1. The van der Waals surface area contributed by atoms with E-state index in [0.29, 0.717) is 5.56 Å². The van der Waals surface area contributed by atoms with E-state index >= 15 is 0 Å². The van der Waals surface area contributed by atoms with Crippen molar-refractivity contribution in [2.24, 2.45) is 0 Å². The Morgan fingerprint density at radius 1 is 1.20 bits per heavy atom. The van der Waals surface area contributed by atoms with Crippen LogP contribution in [0.3, 0.4) is 0 Å². The lowest BCUT2D eigenvalue weighted by atomic mass is 9.97. The van der Waals surface area contributed by atoms with Gasteiger partial charge in [0.05, 0.1) is 6.42 Å². The Labute approximate surface area is 96.9 Å². The maximum absolute atomic E-state index is 10.7. The van der Waals surface area contributed by atoms with Crippen LogP contribution in [-0.2, 0) is 11.2 Å². The summed E-state index contributed by atoms with van der Waals surface area (Å²) in [4.78, 5) is 10.7. The maximum Gasteiger partial charge on any atom is 0.307 e. The predicted octanol–water partition coefficient (Wildman–Crippen LogP) is 2.71. The molecule has 2 N–H and O–H groups in total. The van der Waals surface area contributed by atoms with Crippen molar-refractivity contribution < 1.29 is 15.0 Å². The molecule has 0 radical (unpaired) electrons. The molecule has 0 atom stereocenters. The Kier molecular flexibility index (Phi) is 3.39. The second-order valence-corrected chi connectivity index (χ2v) is 4.38. The Bertz CT molecular complexity index is 395. The Hall–Kier alpha value is -1.03. The lowest BCUT2D eigenvalue weighted by Gasteiger charge is -2.14. The molecule has 0 unspecified atom stereocenters. The Morgan fingerprint density at radius 2 is 1.73 bits per heavy atom. The molecule has 0 saturated carbocycles. The van der Waals surface area contributed by atoms with Crippen LogP contribution in [-0.4, -0.2) is 16.2 Å². The SMILES string of the molecule is Cc1c(C)c(Br)c(C)c(CC(=O)O)c1O. The Morgan fingerprint density at radius 3 is 2.20 bits per heavy atom. The minimum atomic E-state index is -0.941. The fourth-order valence-corrected chi connectivity index (χ4v) is 2.06. The highest BCUT2D eigenvalue weighted by atomic mass is 79.9. The van der Waals surface area contributed by atoms with Gasteiger partial charge in [-0.1, -0.05) is 15.9 Å². The number of benzene rings is 1. The third kappa shape index (κ3) is 2.15. The lowest BCUT2D eigenvalue weighted by Crippen LogP contribution is -2.05. The topological polar surface area (TPSA) is 57.5 Å². The number of aromatic hydroxyl groups is 1. The number of phenols is 1. The third-order valence-corrected chi connectivity index (χ3v) is 3.83. The lowest BCUT2D eigenvalue weighted by molar-refractivity contribution is -0.136. The van der Waals surface area contributed by atoms with Crippen LogP contribution in [0, 0.1) is 20.8 Å². The fraction of sp³-hybridized carbons (Fsp3) is 0.364. The summed E-state index contributed by atoms with van der Waals surface area (Å²) in [6.07, 6.45) is -0.155. The fourth-order valence-electron chi connectivity index (χ4n) is 1.53. The van der Waals surface area contributed by atoms with E-state index in [1.165, 1.54) is 0 Å². The van der Waals surface area contributed by atoms with E-state index in [9.17, 15) is 9.90 Å². The van der Waals surface area contributed by atoms with Crippen LogP contribution in [0.1, 0.15) is 22.3 Å². The molecule has 0 fully saturated rings. The van der Waals surface area contributed by atoms with E-state index in [2.05, 4.69) is 15.9 Å². The minimum absolute atomic E-state index is 0.0931. The van der Waals surface area contributed by atoms with Gasteiger partial charge in [-0.15, -0.1) is 0 Å². The molecule has 0 aromatic heterocycles. The number of hydrogen-bond donors (Lipinski definition) is 2. The van der Waals surface area contributed by atoms with Crippen molar-refractivity contribution in [2.45, 2.75) is 27.2 Å². The first-order chi connectivity index (χ1) is 6.86. The van der Waals surface area contributed by atoms with Gasteiger partial charge in [0.25, 0.3) is 0 Å². The van der Waals surface area contributed by atoms with Crippen molar-refractivity contribution in [1.82, 2.24) is 0 Å². The molecule has 1 aromatic rings. The zero-order chi connectivity index (χ0) is 11.7. The summed E-state index contributed by atoms with van der Waals surface area (Å²) in [5.41, 5.74) is 2.94. The number of phenolic OH excluding ortho intramolecular Hbond substituents is 1. The number of aliphatic carboxylic acids is 1. The average molecular weight is 273 g/mol. The van der Waals surface area contributed by atoms with E-state index in [1.807, 2.05) is 6.92 Å². The monoisotopic (exact) mass is 272 g/mol. The van der Waals surface area contributed by atoms with Crippen molar-refractivity contribution in [3.8, 4) is 5.75 Å². The maximum atomic E-state index is 10.7. The molecule has 0 amide bonds. The van der Waals surface area contributed by atoms with Gasteiger partial charge in [-0.3, -0.25) is 4.79 Å². The summed E-state index contributed by atoms with van der Waals surface area (Å²) in [5, 5.41) is 18.6. The molecule has 1 aromatic carbocycles. The van der Waals surface area contributed by atoms with Gasteiger partial charge < -0.3 is 10.2 Å². The molecule has 0 aliphatic heterocycles. The zero-order valence-corrected chi connectivity index (χ0v) is 10.5. The zero-order valence-electron chi connectivity index (χ0n) is 8.89. The van der Waals surface area contributed by atoms with Crippen molar-refractivity contribution in [1.29, 1.82) is 0 Å². The number of halogens is 1. The third-order valence-electron chi connectivity index (χ3n) is 2.64. The molecule has 4 heteroatoms. The van der Waals surface area contributed by atoms with Crippen molar-refractivity contribution in [3.63, 3.8) is 0 Å². The highest BCUT2D eigenvalue weighted by Crippen LogP contribution is 2.35. The van der Waals surface area contributed by atoms with E-state index < -0.39 is 5.97 Å². The van der Waals surface area contributed by atoms with Crippen LogP contribution in [0.2, 0.25) is 0 Å². The largest absolute Gasteiger partial charge is 0.507 e. The highest BCUT2D eigenvalue weighted by molar-refractivity contribution is 9.10. The van der Waals surface area contributed by atoms with Crippen LogP contribution in [0.15, 0.2) is 4.47 Å². The molecule has 0 bridgehead atoms. The molecule has 0 saturated heterocycles. The van der Waals surface area contributed by atoms with Gasteiger partial charge in [0.2, 0.25) is 0 Å². The standard InChI is InChI=1S/C11H13BrO3/c1-5-6(2)11(15)8(4-9(13)14)7(3)10(5)12/h15H,4H2,1-3H3,(H,13,14). The van der Waals surface area contributed by atoms with Gasteiger partial charge in [-0.2, -0.15) is 0 Å². The quantitative estimate of drug-likeness (QED) is 0.871. The molecular formula is C11H13BrO3. The van der Waals surface area contributed by atoms with Crippen LogP contribution in [0.4, 0.5) is 0 Å². The van der Waals surface area contributed by atoms with E-state index in [0.717, 1.165) is 21.2 Å². The van der Waals surface area contributed by atoms with Crippen LogP contribution in [0.5, 0.6) is 5.75 Å². The molecule has 0 aliphatic rings. The molecule has 0 heterocycles. The molecular weight excluding hydrogens is 260 g/mol. The Balaban J connectivity index is 3.45. The summed E-state index contributed by atoms with van der Waals surface area (Å²) in [6, 6.07) is 0. The first-order valence-corrected chi connectivity index (χ1v) is 5.34. The minimum Gasteiger partial charge on any atom is -0.507 e. The molecule has 1 rings (SSSR count). The molecule has 82 valence electrons. The summed E-state index contributed by atoms with van der Waals surface area (Å²) in [5.74, 6) is -0.848. The first kappa shape index (κ1) is 12.0. The van der Waals surface area contributed by atoms with Gasteiger partial charge in [0.1, 0.15) is 5.75 Å². The van der Waals surface area contributed by atoms with Gasteiger partial charge in [-0.25, -0.2) is 0 Å². The van der Waals surface area contributed by atoms with E-state index in [1.54, 1.807) is 13.8 Å². The molecule has 3 nitrogen and oxygen atoms in total. The van der Waals surface area contributed by atoms with Gasteiger partial charge in [0.15, 0.2) is 0 Å². The smallest absolute Gasteiger partial charge is 0.307 e. The number of carbonyl (C=O) groups is 1. The van der Waals surface area contributed by atoms with Crippen LogP contribution in [0.25, 0.3) is 0 Å². The van der Waals surface area contributed by atoms with E-state index in [-0.39, 0.29) is 12.2 Å². The van der Waals surface area contributed by atoms with Crippen LogP contribution >= 0.6 is 15.9 Å². The average Bonchev–Trinajstić information content (AvgIpc) is 2.18. The van der Waals surface area contributed by atoms with Gasteiger partial charge in [-0.05, 0) is 37.5 Å². The highest BCUT2D eigenvalue weighted by Gasteiger charge is 2.17. The summed E-state index contributed by atoms with van der Waals surface area (Å²) < 4.78 is 0.869. The summed E-state index contributed by atoms with van der Waals surface area (Å²) >= 11 is 3.40. The first-order valence-electron chi connectivity index (χ1n) is 4.55. The van der Waals surface area contributed by atoms with Gasteiger partial charge in [0, 0.05) is 10.0 Å². The summed E-state index contributed by atoms with van der Waals surface area (Å²) in [6.45, 7) is 5.46. The summed E-state index contributed by atoms with van der Waals surface area (Å²) in [7, 11) is 0. The van der Waals surface area contributed by atoms with Crippen molar-refractivity contribution in [3.05, 3.63) is 26.7 Å². The van der Waals surface area contributed by atoms with Crippen molar-refractivity contribution in [2.75, 3.05) is 0 Å². The van der Waals surface area contributed by atoms with Gasteiger partial charge >= 0.3 is 5.97 Å².